The van der Waals surface area contributed by atoms with Crippen molar-refractivity contribution in [2.24, 2.45) is 0 Å². The molecule has 0 atom stereocenters. The number of carboxylic acids is 1. The Morgan fingerprint density at radius 3 is 3.00 bits per heavy atom. The maximum atomic E-state index is 11.1. The topological polar surface area (TPSA) is 53.4 Å². The normalized spacial score (nSPS) is 10.3. The van der Waals surface area contributed by atoms with Gasteiger partial charge >= 0.3 is 5.97 Å². The third-order valence-electron chi connectivity index (χ3n) is 2.42. The molecule has 0 aliphatic carbocycles. The van der Waals surface area contributed by atoms with E-state index < -0.39 is 5.97 Å². The van der Waals surface area contributed by atoms with E-state index in [4.69, 9.17) is 5.11 Å². The summed E-state index contributed by atoms with van der Waals surface area (Å²) in [5, 5.41) is 11.1. The molecule has 2 heterocycles. The van der Waals surface area contributed by atoms with Gasteiger partial charge in [0, 0.05) is 28.0 Å². The molecule has 4 nitrogen and oxygen atoms in total. The summed E-state index contributed by atoms with van der Waals surface area (Å²) in [5.74, 6) is -1.01. The van der Waals surface area contributed by atoms with E-state index in [1.165, 1.54) is 6.20 Å². The average molecular weight is 327 g/mol. The number of thiophene rings is 1. The molecule has 0 amide bonds. The van der Waals surface area contributed by atoms with Crippen LogP contribution in [0.3, 0.4) is 0 Å². The second-order valence-corrected chi connectivity index (χ2v) is 5.68. The van der Waals surface area contributed by atoms with Gasteiger partial charge in [0.1, 0.15) is 0 Å². The molecule has 0 aliphatic rings. The number of aromatic carboxylic acids is 1. The van der Waals surface area contributed by atoms with Crippen LogP contribution in [0.5, 0.6) is 0 Å². The van der Waals surface area contributed by atoms with Crippen LogP contribution in [-0.4, -0.2) is 23.1 Å². The molecule has 2 aromatic rings. The van der Waals surface area contributed by atoms with E-state index in [-0.39, 0.29) is 5.69 Å². The van der Waals surface area contributed by atoms with E-state index in [9.17, 15) is 4.79 Å². The molecule has 0 bridgehead atoms. The highest BCUT2D eigenvalue weighted by Gasteiger charge is 2.14. The summed E-state index contributed by atoms with van der Waals surface area (Å²) in [4.78, 5) is 18.0. The van der Waals surface area contributed by atoms with Gasteiger partial charge in [0.2, 0.25) is 0 Å². The number of hydrogen-bond donors (Lipinski definition) is 1. The van der Waals surface area contributed by atoms with Crippen molar-refractivity contribution in [3.8, 4) is 0 Å². The number of rotatable bonds is 4. The molecule has 0 aliphatic heterocycles. The summed E-state index contributed by atoms with van der Waals surface area (Å²) < 4.78 is 1.04. The second kappa shape index (κ2) is 5.49. The predicted molar refractivity (Wildman–Crippen MR) is 75.3 cm³/mol. The molecule has 0 aromatic carbocycles. The Balaban J connectivity index is 2.23. The van der Waals surface area contributed by atoms with E-state index in [2.05, 4.69) is 20.9 Å². The number of aromatic nitrogens is 1. The van der Waals surface area contributed by atoms with Crippen LogP contribution in [0.15, 0.2) is 34.2 Å². The first kappa shape index (κ1) is 13.0. The fourth-order valence-electron chi connectivity index (χ4n) is 1.63. The summed E-state index contributed by atoms with van der Waals surface area (Å²) in [5.41, 5.74) is 0.699. The third-order valence-corrected chi connectivity index (χ3v) is 4.10. The maximum Gasteiger partial charge on any atom is 0.356 e. The van der Waals surface area contributed by atoms with Crippen LogP contribution in [0, 0.1) is 0 Å². The van der Waals surface area contributed by atoms with Crippen LogP contribution >= 0.6 is 27.3 Å². The smallest absolute Gasteiger partial charge is 0.356 e. The van der Waals surface area contributed by atoms with E-state index in [0.717, 1.165) is 9.35 Å². The molecule has 18 heavy (non-hydrogen) atoms. The van der Waals surface area contributed by atoms with Gasteiger partial charge in [0.15, 0.2) is 5.69 Å². The lowest BCUT2D eigenvalue weighted by Crippen LogP contribution is -2.19. The Hall–Kier alpha value is -1.40. The van der Waals surface area contributed by atoms with Gasteiger partial charge in [-0.1, -0.05) is 0 Å². The second-order valence-electron chi connectivity index (χ2n) is 3.76. The minimum Gasteiger partial charge on any atom is -0.476 e. The fraction of sp³-hybridized carbons (Fsp3) is 0.167. The van der Waals surface area contributed by atoms with E-state index in [1.807, 2.05) is 23.4 Å². The SMILES string of the molecule is CN(Cc1cc(Br)cs1)c1cccnc1C(=O)O. The van der Waals surface area contributed by atoms with Crippen molar-refractivity contribution < 1.29 is 9.90 Å². The fourth-order valence-corrected chi connectivity index (χ4v) is 3.13. The minimum atomic E-state index is -1.01. The number of anilines is 1. The standard InChI is InChI=1S/C12H11BrN2O2S/c1-15(6-9-5-8(13)7-18-9)10-3-2-4-14-11(10)12(16)17/h2-5,7H,6H2,1H3,(H,16,17). The lowest BCUT2D eigenvalue weighted by molar-refractivity contribution is 0.0691. The lowest BCUT2D eigenvalue weighted by Gasteiger charge is -2.19. The van der Waals surface area contributed by atoms with Gasteiger partial charge in [0.25, 0.3) is 0 Å². The Morgan fingerprint density at radius 2 is 2.39 bits per heavy atom. The zero-order chi connectivity index (χ0) is 13.1. The number of hydrogen-bond acceptors (Lipinski definition) is 4. The molecular formula is C12H11BrN2O2S. The predicted octanol–water partition coefficient (Wildman–Crippen LogP) is 3.24. The molecular weight excluding hydrogens is 316 g/mol. The van der Waals surface area contributed by atoms with Gasteiger partial charge in [-0.25, -0.2) is 9.78 Å². The van der Waals surface area contributed by atoms with Gasteiger partial charge < -0.3 is 10.0 Å². The maximum absolute atomic E-state index is 11.1. The van der Waals surface area contributed by atoms with Crippen molar-refractivity contribution in [3.05, 3.63) is 44.8 Å². The van der Waals surface area contributed by atoms with Crippen LogP contribution in [0.4, 0.5) is 5.69 Å². The van der Waals surface area contributed by atoms with Crippen LogP contribution in [-0.2, 0) is 6.54 Å². The molecule has 0 saturated heterocycles. The summed E-state index contributed by atoms with van der Waals surface area (Å²) >= 11 is 5.03. The summed E-state index contributed by atoms with van der Waals surface area (Å²) in [7, 11) is 1.86. The van der Waals surface area contributed by atoms with Crippen molar-refractivity contribution in [1.29, 1.82) is 0 Å². The van der Waals surface area contributed by atoms with Gasteiger partial charge in [-0.05, 0) is 34.1 Å². The van der Waals surface area contributed by atoms with E-state index in [1.54, 1.807) is 23.5 Å². The quantitative estimate of drug-likeness (QED) is 0.937. The highest BCUT2D eigenvalue weighted by molar-refractivity contribution is 9.10. The highest BCUT2D eigenvalue weighted by Crippen LogP contribution is 2.24. The van der Waals surface area contributed by atoms with E-state index in [0.29, 0.717) is 12.2 Å². The molecule has 0 unspecified atom stereocenters. The first-order valence-electron chi connectivity index (χ1n) is 5.20. The monoisotopic (exact) mass is 326 g/mol. The highest BCUT2D eigenvalue weighted by atomic mass is 79.9. The van der Waals surface area contributed by atoms with Crippen molar-refractivity contribution in [1.82, 2.24) is 4.98 Å². The average Bonchev–Trinajstić information content (AvgIpc) is 2.74. The van der Waals surface area contributed by atoms with Gasteiger partial charge in [0.05, 0.1) is 12.2 Å². The van der Waals surface area contributed by atoms with Crippen LogP contribution in [0.1, 0.15) is 15.4 Å². The van der Waals surface area contributed by atoms with Crippen LogP contribution in [0.2, 0.25) is 0 Å². The molecule has 0 fully saturated rings. The molecule has 0 saturated carbocycles. The number of carbonyl (C=O) groups is 1. The van der Waals surface area contributed by atoms with Crippen LogP contribution < -0.4 is 4.90 Å². The molecule has 2 aromatic heterocycles. The molecule has 0 spiro atoms. The molecule has 94 valence electrons. The van der Waals surface area contributed by atoms with Gasteiger partial charge in [-0.2, -0.15) is 0 Å². The Morgan fingerprint density at radius 1 is 1.61 bits per heavy atom. The number of halogens is 1. The third kappa shape index (κ3) is 2.88. The lowest BCUT2D eigenvalue weighted by atomic mass is 10.2. The molecule has 2 rings (SSSR count). The van der Waals surface area contributed by atoms with Crippen molar-refractivity contribution >= 4 is 38.9 Å². The summed E-state index contributed by atoms with van der Waals surface area (Å²) in [6, 6.07) is 5.53. The van der Waals surface area contributed by atoms with Crippen molar-refractivity contribution in [2.75, 3.05) is 11.9 Å². The number of carboxylic acid groups (broad SMARTS) is 1. The van der Waals surface area contributed by atoms with Gasteiger partial charge in [-0.15, -0.1) is 11.3 Å². The Bertz CT molecular complexity index is 571. The zero-order valence-corrected chi connectivity index (χ0v) is 12.0. The summed E-state index contributed by atoms with van der Waals surface area (Å²) in [6.45, 7) is 0.655. The molecule has 6 heteroatoms. The first-order valence-corrected chi connectivity index (χ1v) is 6.87. The van der Waals surface area contributed by atoms with Crippen molar-refractivity contribution in [3.63, 3.8) is 0 Å². The number of nitrogens with zero attached hydrogens (tertiary/aromatic N) is 2. The Kier molecular flexibility index (Phi) is 3.98. The largest absolute Gasteiger partial charge is 0.476 e. The van der Waals surface area contributed by atoms with Crippen LogP contribution in [0.25, 0.3) is 0 Å². The van der Waals surface area contributed by atoms with Crippen molar-refractivity contribution in [2.45, 2.75) is 6.54 Å². The zero-order valence-electron chi connectivity index (χ0n) is 9.63. The van der Waals surface area contributed by atoms with E-state index >= 15 is 0 Å². The first-order chi connectivity index (χ1) is 8.58. The summed E-state index contributed by atoms with van der Waals surface area (Å²) in [6.07, 6.45) is 1.49. The molecule has 1 N–H and O–H groups in total. The minimum absolute atomic E-state index is 0.0793. The number of pyridine rings is 1. The Labute approximate surface area is 117 Å². The van der Waals surface area contributed by atoms with Gasteiger partial charge in [-0.3, -0.25) is 0 Å². The molecule has 0 radical (unpaired) electrons.